The Labute approximate surface area is 160 Å². The third-order valence-corrected chi connectivity index (χ3v) is 5.40. The molecule has 0 aliphatic carbocycles. The molecular weight excluding hydrogens is 342 g/mol. The Morgan fingerprint density at radius 1 is 0.963 bits per heavy atom. The molecular formula is C21H27N3O3. The molecule has 0 N–H and O–H groups in total. The molecule has 144 valence electrons. The summed E-state index contributed by atoms with van der Waals surface area (Å²) in [5.74, 6) is -0.0431. The van der Waals surface area contributed by atoms with Crippen LogP contribution in [0.1, 0.15) is 18.4 Å². The Kier molecular flexibility index (Phi) is 6.27. The van der Waals surface area contributed by atoms with Crippen LogP contribution < -0.4 is 0 Å². The molecule has 6 nitrogen and oxygen atoms in total. The lowest BCUT2D eigenvalue weighted by Gasteiger charge is -2.39. The second kappa shape index (κ2) is 8.84. The van der Waals surface area contributed by atoms with Crippen LogP contribution in [0.4, 0.5) is 0 Å². The summed E-state index contributed by atoms with van der Waals surface area (Å²) < 4.78 is 0. The van der Waals surface area contributed by atoms with Gasteiger partial charge in [-0.25, -0.2) is 0 Å². The fourth-order valence-corrected chi connectivity index (χ4v) is 3.82. The van der Waals surface area contributed by atoms with E-state index in [2.05, 4.69) is 6.58 Å². The van der Waals surface area contributed by atoms with Crippen molar-refractivity contribution in [1.29, 1.82) is 0 Å². The number of amides is 3. The molecule has 0 aromatic heterocycles. The summed E-state index contributed by atoms with van der Waals surface area (Å²) in [5, 5.41) is 0. The number of likely N-dealkylation sites (tertiary alicyclic amines) is 1. The second-order valence-corrected chi connectivity index (χ2v) is 7.20. The van der Waals surface area contributed by atoms with Gasteiger partial charge < -0.3 is 14.7 Å². The Hall–Kier alpha value is -2.63. The number of hydrogen-bond donors (Lipinski definition) is 0. The van der Waals surface area contributed by atoms with Crippen LogP contribution in [0.2, 0.25) is 0 Å². The second-order valence-electron chi connectivity index (χ2n) is 7.20. The number of benzene rings is 1. The molecule has 1 atom stereocenters. The zero-order valence-corrected chi connectivity index (χ0v) is 15.7. The van der Waals surface area contributed by atoms with Crippen molar-refractivity contribution in [3.05, 3.63) is 48.6 Å². The monoisotopic (exact) mass is 369 g/mol. The topological polar surface area (TPSA) is 60.9 Å². The average molecular weight is 369 g/mol. The maximum Gasteiger partial charge on any atom is 0.245 e. The van der Waals surface area contributed by atoms with E-state index in [9.17, 15) is 14.4 Å². The van der Waals surface area contributed by atoms with E-state index in [1.807, 2.05) is 40.1 Å². The van der Waals surface area contributed by atoms with Gasteiger partial charge in [-0.2, -0.15) is 0 Å². The molecule has 1 unspecified atom stereocenters. The van der Waals surface area contributed by atoms with Crippen molar-refractivity contribution in [1.82, 2.24) is 14.7 Å². The maximum absolute atomic E-state index is 12.8. The molecule has 3 amide bonds. The fourth-order valence-electron chi connectivity index (χ4n) is 3.82. The van der Waals surface area contributed by atoms with Crippen molar-refractivity contribution in [3.63, 3.8) is 0 Å². The highest BCUT2D eigenvalue weighted by molar-refractivity contribution is 5.88. The van der Waals surface area contributed by atoms with Gasteiger partial charge in [-0.3, -0.25) is 14.4 Å². The van der Waals surface area contributed by atoms with Crippen LogP contribution in [0, 0.1) is 5.92 Å². The first-order valence-electron chi connectivity index (χ1n) is 9.60. The summed E-state index contributed by atoms with van der Waals surface area (Å²) in [6.45, 7) is 6.95. The molecule has 0 radical (unpaired) electrons. The highest BCUT2D eigenvalue weighted by atomic mass is 16.2. The quantitative estimate of drug-likeness (QED) is 0.752. The highest BCUT2D eigenvalue weighted by Gasteiger charge is 2.32. The standard InChI is InChI=1S/C21H27N3O3/c1-2-19(25)24-10-6-9-18(16-24)21(27)23-13-11-22(12-14-23)20(26)15-17-7-4-3-5-8-17/h2-5,7-8,18H,1,6,9-16H2. The lowest BCUT2D eigenvalue weighted by atomic mass is 9.96. The van der Waals surface area contributed by atoms with E-state index in [-0.39, 0.29) is 23.6 Å². The Bertz CT molecular complexity index is 696. The lowest BCUT2D eigenvalue weighted by Crippen LogP contribution is -2.54. The summed E-state index contributed by atoms with van der Waals surface area (Å²) in [4.78, 5) is 42.5. The largest absolute Gasteiger partial charge is 0.339 e. The molecule has 2 saturated heterocycles. The van der Waals surface area contributed by atoms with Crippen molar-refractivity contribution in [2.45, 2.75) is 19.3 Å². The van der Waals surface area contributed by atoms with E-state index in [4.69, 9.17) is 0 Å². The molecule has 6 heteroatoms. The molecule has 0 bridgehead atoms. The first kappa shape index (κ1) is 19.1. The normalized spacial score (nSPS) is 20.3. The van der Waals surface area contributed by atoms with Crippen LogP contribution in [0.5, 0.6) is 0 Å². The highest BCUT2D eigenvalue weighted by Crippen LogP contribution is 2.20. The maximum atomic E-state index is 12.8. The van der Waals surface area contributed by atoms with E-state index in [0.717, 1.165) is 18.4 Å². The van der Waals surface area contributed by atoms with Crippen molar-refractivity contribution >= 4 is 17.7 Å². The Morgan fingerprint density at radius 3 is 2.30 bits per heavy atom. The van der Waals surface area contributed by atoms with Crippen molar-refractivity contribution in [2.24, 2.45) is 5.92 Å². The summed E-state index contributed by atoms with van der Waals surface area (Å²) >= 11 is 0. The van der Waals surface area contributed by atoms with E-state index >= 15 is 0 Å². The fraction of sp³-hybridized carbons (Fsp3) is 0.476. The minimum atomic E-state index is -0.144. The smallest absolute Gasteiger partial charge is 0.245 e. The minimum Gasteiger partial charge on any atom is -0.339 e. The van der Waals surface area contributed by atoms with Crippen LogP contribution in [-0.4, -0.2) is 71.7 Å². The van der Waals surface area contributed by atoms with Gasteiger partial charge in [0.1, 0.15) is 0 Å². The van der Waals surface area contributed by atoms with E-state index in [1.165, 1.54) is 6.08 Å². The number of nitrogens with zero attached hydrogens (tertiary/aromatic N) is 3. The minimum absolute atomic E-state index is 0.103. The van der Waals surface area contributed by atoms with Crippen molar-refractivity contribution in [2.75, 3.05) is 39.3 Å². The number of hydrogen-bond acceptors (Lipinski definition) is 3. The molecule has 0 spiro atoms. The van der Waals surface area contributed by atoms with Crippen molar-refractivity contribution < 1.29 is 14.4 Å². The van der Waals surface area contributed by atoms with Gasteiger partial charge in [0.2, 0.25) is 17.7 Å². The van der Waals surface area contributed by atoms with Gasteiger partial charge in [-0.15, -0.1) is 0 Å². The molecule has 2 aliphatic heterocycles. The first-order valence-corrected chi connectivity index (χ1v) is 9.60. The van der Waals surface area contributed by atoms with E-state index in [0.29, 0.717) is 45.7 Å². The Morgan fingerprint density at radius 2 is 1.63 bits per heavy atom. The van der Waals surface area contributed by atoms with Crippen LogP contribution in [0.3, 0.4) is 0 Å². The SMILES string of the molecule is C=CC(=O)N1CCCC(C(=O)N2CCN(C(=O)Cc3ccccc3)CC2)C1. The number of carbonyl (C=O) groups is 3. The molecule has 2 aliphatic rings. The first-order chi connectivity index (χ1) is 13.1. The van der Waals surface area contributed by atoms with Crippen LogP contribution in [0.15, 0.2) is 43.0 Å². The van der Waals surface area contributed by atoms with Gasteiger partial charge in [0.05, 0.1) is 12.3 Å². The zero-order valence-electron chi connectivity index (χ0n) is 15.7. The van der Waals surface area contributed by atoms with E-state index < -0.39 is 0 Å². The predicted molar refractivity (Wildman–Crippen MR) is 103 cm³/mol. The zero-order chi connectivity index (χ0) is 19.2. The lowest BCUT2D eigenvalue weighted by molar-refractivity contribution is -0.144. The molecule has 1 aromatic rings. The predicted octanol–water partition coefficient (Wildman–Crippen LogP) is 1.32. The van der Waals surface area contributed by atoms with Gasteiger partial charge in [0, 0.05) is 39.3 Å². The third kappa shape index (κ3) is 4.76. The van der Waals surface area contributed by atoms with Gasteiger partial charge >= 0.3 is 0 Å². The van der Waals surface area contributed by atoms with Crippen molar-refractivity contribution in [3.8, 4) is 0 Å². The van der Waals surface area contributed by atoms with E-state index in [1.54, 1.807) is 4.90 Å². The molecule has 3 rings (SSSR count). The molecule has 0 saturated carbocycles. The Balaban J connectivity index is 1.49. The van der Waals surface area contributed by atoms with Gasteiger partial charge in [-0.05, 0) is 24.5 Å². The number of carbonyl (C=O) groups excluding carboxylic acids is 3. The number of piperidine rings is 1. The number of piperazine rings is 1. The van der Waals surface area contributed by atoms with Gasteiger partial charge in [0.15, 0.2) is 0 Å². The molecule has 2 fully saturated rings. The summed E-state index contributed by atoms with van der Waals surface area (Å²) in [5.41, 5.74) is 1.01. The van der Waals surface area contributed by atoms with Crippen LogP contribution in [0.25, 0.3) is 0 Å². The van der Waals surface area contributed by atoms with Gasteiger partial charge in [0.25, 0.3) is 0 Å². The third-order valence-electron chi connectivity index (χ3n) is 5.40. The molecule has 27 heavy (non-hydrogen) atoms. The van der Waals surface area contributed by atoms with Gasteiger partial charge in [-0.1, -0.05) is 36.9 Å². The van der Waals surface area contributed by atoms with Crippen LogP contribution >= 0.6 is 0 Å². The summed E-state index contributed by atoms with van der Waals surface area (Å²) in [6, 6.07) is 9.72. The van der Waals surface area contributed by atoms with Crippen LogP contribution in [-0.2, 0) is 20.8 Å². The molecule has 1 aromatic carbocycles. The summed E-state index contributed by atoms with van der Waals surface area (Å²) in [6.07, 6.45) is 3.36. The molecule has 2 heterocycles. The summed E-state index contributed by atoms with van der Waals surface area (Å²) in [7, 11) is 0. The average Bonchev–Trinajstić information content (AvgIpc) is 2.73. The number of rotatable bonds is 4.